The van der Waals surface area contributed by atoms with Crippen molar-refractivity contribution in [1.29, 1.82) is 5.26 Å². The molecule has 0 fully saturated rings. The molecule has 6 nitrogen and oxygen atoms in total. The summed E-state index contributed by atoms with van der Waals surface area (Å²) in [4.78, 5) is 29.8. The third-order valence-corrected chi connectivity index (χ3v) is 7.00. The van der Waals surface area contributed by atoms with Crippen LogP contribution in [0.3, 0.4) is 0 Å². The summed E-state index contributed by atoms with van der Waals surface area (Å²) in [5, 5.41) is 12.2. The zero-order valence-electron chi connectivity index (χ0n) is 20.7. The van der Waals surface area contributed by atoms with E-state index in [2.05, 4.69) is 11.0 Å². The summed E-state index contributed by atoms with van der Waals surface area (Å²) in [5.74, 6) is -1.06. The van der Waals surface area contributed by atoms with Crippen LogP contribution in [0, 0.1) is 11.3 Å². The molecule has 36 heavy (non-hydrogen) atoms. The second-order valence-corrected chi connectivity index (χ2v) is 9.89. The maximum absolute atomic E-state index is 14.1. The van der Waals surface area contributed by atoms with Crippen LogP contribution in [0.5, 0.6) is 0 Å². The molecular formula is C28H30Cl2N4O2. The van der Waals surface area contributed by atoms with Crippen molar-refractivity contribution in [3.63, 3.8) is 0 Å². The highest BCUT2D eigenvalue weighted by atomic mass is 35.5. The number of primary amides is 1. The van der Waals surface area contributed by atoms with Gasteiger partial charge in [0.25, 0.3) is 5.91 Å². The van der Waals surface area contributed by atoms with Crippen molar-refractivity contribution in [1.82, 2.24) is 9.80 Å². The molecular weight excluding hydrogens is 495 g/mol. The first-order valence-corrected chi connectivity index (χ1v) is 12.5. The average molecular weight is 525 g/mol. The van der Waals surface area contributed by atoms with Crippen molar-refractivity contribution in [3.8, 4) is 6.07 Å². The standard InChI is InChI=1S/C28H30Cl2N4O2/c1-4-22-21(15-31)13-19-7-5-6-8-23(19)27(22)28(36)34(17-26(32)35)16-20(11-12-33(2)3)18-9-10-24(29)25(30)14-18/h5-10,13-14,20H,4,11-12,16-17H2,1-3H3,(H2,32,35). The number of carbonyl (C=O) groups is 2. The van der Waals surface area contributed by atoms with E-state index >= 15 is 0 Å². The molecule has 0 radical (unpaired) electrons. The molecule has 1 atom stereocenters. The lowest BCUT2D eigenvalue weighted by molar-refractivity contribution is -0.118. The Bertz CT molecular complexity index is 1320. The Morgan fingerprint density at radius 3 is 2.42 bits per heavy atom. The normalized spacial score (nSPS) is 11.9. The van der Waals surface area contributed by atoms with Gasteiger partial charge < -0.3 is 15.5 Å². The van der Waals surface area contributed by atoms with Crippen LogP contribution in [0.4, 0.5) is 0 Å². The van der Waals surface area contributed by atoms with Gasteiger partial charge in [-0.1, -0.05) is 60.5 Å². The monoisotopic (exact) mass is 524 g/mol. The second kappa shape index (κ2) is 12.2. The number of halogens is 2. The Hall–Kier alpha value is -3.11. The number of carbonyl (C=O) groups excluding carboxylic acids is 2. The van der Waals surface area contributed by atoms with Crippen molar-refractivity contribution in [2.75, 3.05) is 33.7 Å². The summed E-state index contributed by atoms with van der Waals surface area (Å²) in [6, 6.07) is 16.9. The zero-order valence-corrected chi connectivity index (χ0v) is 22.2. The Morgan fingerprint density at radius 1 is 1.08 bits per heavy atom. The lowest BCUT2D eigenvalue weighted by Gasteiger charge is -2.29. The summed E-state index contributed by atoms with van der Waals surface area (Å²) in [5.41, 5.74) is 8.07. The highest BCUT2D eigenvalue weighted by molar-refractivity contribution is 6.42. The van der Waals surface area contributed by atoms with Crippen molar-refractivity contribution in [3.05, 3.63) is 80.8 Å². The summed E-state index contributed by atoms with van der Waals surface area (Å²) in [6.07, 6.45) is 1.21. The molecule has 0 aliphatic heterocycles. The third kappa shape index (κ3) is 6.36. The molecule has 0 saturated heterocycles. The van der Waals surface area contributed by atoms with Crippen LogP contribution in [0.1, 0.15) is 46.3 Å². The summed E-state index contributed by atoms with van der Waals surface area (Å²) in [7, 11) is 3.95. The van der Waals surface area contributed by atoms with E-state index < -0.39 is 5.91 Å². The van der Waals surface area contributed by atoms with Crippen LogP contribution in [-0.4, -0.2) is 55.3 Å². The maximum Gasteiger partial charge on any atom is 0.255 e. The smallest absolute Gasteiger partial charge is 0.255 e. The first kappa shape index (κ1) is 27.5. The van der Waals surface area contributed by atoms with E-state index in [0.29, 0.717) is 39.6 Å². The molecule has 0 saturated carbocycles. The van der Waals surface area contributed by atoms with Gasteiger partial charge in [0.05, 0.1) is 33.8 Å². The van der Waals surface area contributed by atoms with E-state index in [1.165, 1.54) is 4.90 Å². The fourth-order valence-corrected chi connectivity index (χ4v) is 4.78. The third-order valence-electron chi connectivity index (χ3n) is 6.26. The van der Waals surface area contributed by atoms with Crippen LogP contribution in [0.15, 0.2) is 48.5 Å². The van der Waals surface area contributed by atoms with Gasteiger partial charge in [-0.3, -0.25) is 9.59 Å². The number of hydrogen-bond acceptors (Lipinski definition) is 4. The fourth-order valence-electron chi connectivity index (χ4n) is 4.48. The zero-order chi connectivity index (χ0) is 26.4. The number of nitriles is 1. The van der Waals surface area contributed by atoms with Gasteiger partial charge in [-0.15, -0.1) is 0 Å². The van der Waals surface area contributed by atoms with E-state index in [-0.39, 0.29) is 24.9 Å². The molecule has 2 N–H and O–H groups in total. The van der Waals surface area contributed by atoms with E-state index in [9.17, 15) is 14.9 Å². The van der Waals surface area contributed by atoms with Crippen LogP contribution in [-0.2, 0) is 11.2 Å². The lowest BCUT2D eigenvalue weighted by atomic mass is 9.91. The SMILES string of the molecule is CCc1c(C#N)cc2ccccc2c1C(=O)N(CC(N)=O)CC(CCN(C)C)c1ccc(Cl)c(Cl)c1. The molecule has 188 valence electrons. The molecule has 3 aromatic rings. The van der Waals surface area contributed by atoms with Crippen molar-refractivity contribution >= 4 is 45.8 Å². The first-order valence-electron chi connectivity index (χ1n) is 11.8. The maximum atomic E-state index is 14.1. The van der Waals surface area contributed by atoms with Crippen LogP contribution < -0.4 is 5.73 Å². The number of rotatable bonds is 10. The van der Waals surface area contributed by atoms with E-state index in [0.717, 1.165) is 22.9 Å². The molecule has 0 aliphatic carbocycles. The molecule has 0 spiro atoms. The highest BCUT2D eigenvalue weighted by Crippen LogP contribution is 2.31. The van der Waals surface area contributed by atoms with Crippen LogP contribution in [0.2, 0.25) is 10.0 Å². The van der Waals surface area contributed by atoms with E-state index in [1.807, 2.05) is 51.4 Å². The topological polar surface area (TPSA) is 90.4 Å². The van der Waals surface area contributed by atoms with Gasteiger partial charge in [0.2, 0.25) is 5.91 Å². The molecule has 3 rings (SSSR count). The number of fused-ring (bicyclic) bond motifs is 1. The molecule has 1 unspecified atom stereocenters. The van der Waals surface area contributed by atoms with Crippen LogP contribution >= 0.6 is 23.2 Å². The molecule has 0 aliphatic rings. The Labute approximate surface area is 222 Å². The summed E-state index contributed by atoms with van der Waals surface area (Å²) in [6.45, 7) is 2.68. The number of benzene rings is 3. The Balaban J connectivity index is 2.11. The molecule has 0 bridgehead atoms. The number of amides is 2. The highest BCUT2D eigenvalue weighted by Gasteiger charge is 2.27. The van der Waals surface area contributed by atoms with E-state index in [4.69, 9.17) is 28.9 Å². The van der Waals surface area contributed by atoms with Gasteiger partial charge in [-0.05, 0) is 73.6 Å². The van der Waals surface area contributed by atoms with Gasteiger partial charge in [0, 0.05) is 12.5 Å². The van der Waals surface area contributed by atoms with Gasteiger partial charge >= 0.3 is 0 Å². The van der Waals surface area contributed by atoms with Crippen molar-refractivity contribution < 1.29 is 9.59 Å². The first-order chi connectivity index (χ1) is 17.2. The summed E-state index contributed by atoms with van der Waals surface area (Å²) >= 11 is 12.5. The fraction of sp³-hybridized carbons (Fsp3) is 0.321. The largest absolute Gasteiger partial charge is 0.368 e. The summed E-state index contributed by atoms with van der Waals surface area (Å²) < 4.78 is 0. The molecule has 2 amide bonds. The minimum atomic E-state index is -0.609. The Kier molecular flexibility index (Phi) is 9.33. The second-order valence-electron chi connectivity index (χ2n) is 9.08. The van der Waals surface area contributed by atoms with Gasteiger partial charge in [0.1, 0.15) is 0 Å². The minimum Gasteiger partial charge on any atom is -0.368 e. The molecule has 0 heterocycles. The van der Waals surface area contributed by atoms with E-state index in [1.54, 1.807) is 18.2 Å². The average Bonchev–Trinajstić information content (AvgIpc) is 2.85. The molecule has 8 heteroatoms. The number of nitrogens with zero attached hydrogens (tertiary/aromatic N) is 3. The number of hydrogen-bond donors (Lipinski definition) is 1. The minimum absolute atomic E-state index is 0.124. The van der Waals surface area contributed by atoms with Crippen LogP contribution in [0.25, 0.3) is 10.8 Å². The predicted molar refractivity (Wildman–Crippen MR) is 146 cm³/mol. The van der Waals surface area contributed by atoms with Gasteiger partial charge in [-0.2, -0.15) is 5.26 Å². The van der Waals surface area contributed by atoms with Crippen molar-refractivity contribution in [2.24, 2.45) is 5.73 Å². The Morgan fingerprint density at radius 2 is 1.81 bits per heavy atom. The molecule has 0 aromatic heterocycles. The number of nitrogens with two attached hydrogens (primary N) is 1. The predicted octanol–water partition coefficient (Wildman–Crippen LogP) is 5.24. The van der Waals surface area contributed by atoms with Gasteiger partial charge in [0.15, 0.2) is 0 Å². The quantitative estimate of drug-likeness (QED) is 0.392. The molecule has 3 aromatic carbocycles. The van der Waals surface area contributed by atoms with Gasteiger partial charge in [-0.25, -0.2) is 0 Å². The lowest BCUT2D eigenvalue weighted by Crippen LogP contribution is -2.41. The van der Waals surface area contributed by atoms with Crippen molar-refractivity contribution in [2.45, 2.75) is 25.7 Å².